The van der Waals surface area contributed by atoms with Gasteiger partial charge < -0.3 is 15.0 Å². The molecule has 1 amide bonds. The highest BCUT2D eigenvalue weighted by Crippen LogP contribution is 2.27. The van der Waals surface area contributed by atoms with Crippen LogP contribution < -0.4 is 10.1 Å². The van der Waals surface area contributed by atoms with Crippen LogP contribution in [0.15, 0.2) is 42.6 Å². The first-order chi connectivity index (χ1) is 10.6. The molecule has 3 aromatic rings. The molecule has 112 valence electrons. The fourth-order valence-electron chi connectivity index (χ4n) is 2.39. The molecule has 1 heterocycles. The van der Waals surface area contributed by atoms with Gasteiger partial charge in [0.1, 0.15) is 11.6 Å². The second kappa shape index (κ2) is 5.52. The lowest BCUT2D eigenvalue weighted by Crippen LogP contribution is -2.12. The fourth-order valence-corrected chi connectivity index (χ4v) is 2.39. The fraction of sp³-hybridized carbons (Fsp3) is 0.118. The van der Waals surface area contributed by atoms with Crippen molar-refractivity contribution in [2.24, 2.45) is 0 Å². The van der Waals surface area contributed by atoms with Gasteiger partial charge in [0.15, 0.2) is 0 Å². The number of methoxy groups -OCH3 is 1. The number of fused-ring (bicyclic) bond motifs is 1. The first-order valence-electron chi connectivity index (χ1n) is 6.81. The van der Waals surface area contributed by atoms with Gasteiger partial charge in [-0.05, 0) is 42.8 Å². The number of ether oxygens (including phenoxy) is 1. The standard InChI is InChI=1S/C17H15FN2O2/c1-10-3-6-16(22-2)15(7-10)20-17(21)13-9-19-14-5-4-11(18)8-12(13)14/h3-9,19H,1-2H3,(H,20,21). The molecule has 0 fully saturated rings. The minimum absolute atomic E-state index is 0.319. The van der Waals surface area contributed by atoms with Gasteiger partial charge in [0.05, 0.1) is 18.4 Å². The summed E-state index contributed by atoms with van der Waals surface area (Å²) in [7, 11) is 1.54. The van der Waals surface area contributed by atoms with Crippen molar-refractivity contribution < 1.29 is 13.9 Å². The zero-order valence-electron chi connectivity index (χ0n) is 12.2. The van der Waals surface area contributed by atoms with E-state index in [0.29, 0.717) is 27.9 Å². The summed E-state index contributed by atoms with van der Waals surface area (Å²) in [4.78, 5) is 15.4. The number of hydrogen-bond acceptors (Lipinski definition) is 2. The molecule has 0 aliphatic heterocycles. The maximum atomic E-state index is 13.4. The van der Waals surface area contributed by atoms with Crippen molar-refractivity contribution in [3.63, 3.8) is 0 Å². The van der Waals surface area contributed by atoms with E-state index in [0.717, 1.165) is 5.56 Å². The number of nitrogens with one attached hydrogen (secondary N) is 2. The Morgan fingerprint density at radius 1 is 1.23 bits per heavy atom. The van der Waals surface area contributed by atoms with E-state index in [9.17, 15) is 9.18 Å². The molecule has 0 unspecified atom stereocenters. The van der Waals surface area contributed by atoms with E-state index in [1.54, 1.807) is 25.4 Å². The van der Waals surface area contributed by atoms with Crippen LogP contribution in [-0.2, 0) is 0 Å². The highest BCUT2D eigenvalue weighted by molar-refractivity contribution is 6.13. The summed E-state index contributed by atoms with van der Waals surface area (Å²) in [5, 5.41) is 3.36. The monoisotopic (exact) mass is 298 g/mol. The SMILES string of the molecule is COc1ccc(C)cc1NC(=O)c1c[nH]c2ccc(F)cc12. The lowest BCUT2D eigenvalue weighted by Gasteiger charge is -2.10. The average molecular weight is 298 g/mol. The van der Waals surface area contributed by atoms with Crippen molar-refractivity contribution in [2.45, 2.75) is 6.92 Å². The molecule has 0 saturated heterocycles. The summed E-state index contributed by atoms with van der Waals surface area (Å²) in [6.07, 6.45) is 1.57. The van der Waals surface area contributed by atoms with Crippen molar-refractivity contribution in [3.8, 4) is 5.75 Å². The van der Waals surface area contributed by atoms with E-state index in [1.165, 1.54) is 12.1 Å². The van der Waals surface area contributed by atoms with E-state index in [-0.39, 0.29) is 11.7 Å². The van der Waals surface area contributed by atoms with E-state index in [2.05, 4.69) is 10.3 Å². The van der Waals surface area contributed by atoms with Crippen LogP contribution in [0.25, 0.3) is 10.9 Å². The second-order valence-electron chi connectivity index (χ2n) is 5.05. The number of carbonyl (C=O) groups is 1. The molecular weight excluding hydrogens is 283 g/mol. The quantitative estimate of drug-likeness (QED) is 0.771. The van der Waals surface area contributed by atoms with Crippen LogP contribution in [0.5, 0.6) is 5.75 Å². The molecule has 1 aromatic heterocycles. The molecule has 0 bridgehead atoms. The Bertz CT molecular complexity index is 855. The first kappa shape index (κ1) is 14.1. The van der Waals surface area contributed by atoms with Gasteiger partial charge in [0, 0.05) is 17.1 Å². The van der Waals surface area contributed by atoms with Crippen molar-refractivity contribution in [2.75, 3.05) is 12.4 Å². The molecule has 2 N–H and O–H groups in total. The smallest absolute Gasteiger partial charge is 0.257 e. The molecule has 4 nitrogen and oxygen atoms in total. The lowest BCUT2D eigenvalue weighted by atomic mass is 10.1. The topological polar surface area (TPSA) is 54.1 Å². The van der Waals surface area contributed by atoms with Crippen LogP contribution >= 0.6 is 0 Å². The number of hydrogen-bond donors (Lipinski definition) is 2. The number of aryl methyl sites for hydroxylation is 1. The highest BCUT2D eigenvalue weighted by atomic mass is 19.1. The molecule has 0 aliphatic rings. The van der Waals surface area contributed by atoms with Gasteiger partial charge in [-0.25, -0.2) is 4.39 Å². The summed E-state index contributed by atoms with van der Waals surface area (Å²) in [6.45, 7) is 1.93. The van der Waals surface area contributed by atoms with Crippen molar-refractivity contribution in [3.05, 3.63) is 59.5 Å². The number of amides is 1. The molecule has 0 atom stereocenters. The summed E-state index contributed by atoms with van der Waals surface area (Å²) in [5.41, 5.74) is 2.68. The molecule has 22 heavy (non-hydrogen) atoms. The number of rotatable bonds is 3. The maximum Gasteiger partial charge on any atom is 0.257 e. The predicted octanol–water partition coefficient (Wildman–Crippen LogP) is 3.88. The summed E-state index contributed by atoms with van der Waals surface area (Å²) in [6, 6.07) is 9.81. The van der Waals surface area contributed by atoms with E-state index < -0.39 is 0 Å². The molecule has 0 aliphatic carbocycles. The minimum atomic E-state index is -0.380. The molecular formula is C17H15FN2O2. The van der Waals surface area contributed by atoms with Crippen molar-refractivity contribution >= 4 is 22.5 Å². The Morgan fingerprint density at radius 3 is 2.82 bits per heavy atom. The molecule has 0 radical (unpaired) electrons. The Labute approximate surface area is 126 Å². The van der Waals surface area contributed by atoms with Gasteiger partial charge in [0.2, 0.25) is 0 Å². The molecule has 5 heteroatoms. The van der Waals surface area contributed by atoms with E-state index in [4.69, 9.17) is 4.74 Å². The van der Waals surface area contributed by atoms with Gasteiger partial charge >= 0.3 is 0 Å². The Morgan fingerprint density at radius 2 is 2.05 bits per heavy atom. The van der Waals surface area contributed by atoms with Crippen LogP contribution in [0, 0.1) is 12.7 Å². The van der Waals surface area contributed by atoms with Crippen LogP contribution in [0.2, 0.25) is 0 Å². The minimum Gasteiger partial charge on any atom is -0.495 e. The summed E-state index contributed by atoms with van der Waals surface area (Å²) in [5.74, 6) is -0.125. The van der Waals surface area contributed by atoms with E-state index >= 15 is 0 Å². The summed E-state index contributed by atoms with van der Waals surface area (Å²) >= 11 is 0. The summed E-state index contributed by atoms with van der Waals surface area (Å²) < 4.78 is 18.6. The molecule has 2 aromatic carbocycles. The first-order valence-corrected chi connectivity index (χ1v) is 6.81. The molecule has 0 spiro atoms. The number of benzene rings is 2. The Hall–Kier alpha value is -2.82. The van der Waals surface area contributed by atoms with Gasteiger partial charge in [-0.15, -0.1) is 0 Å². The van der Waals surface area contributed by atoms with Crippen LogP contribution in [0.3, 0.4) is 0 Å². The van der Waals surface area contributed by atoms with Gasteiger partial charge in [-0.2, -0.15) is 0 Å². The lowest BCUT2D eigenvalue weighted by molar-refractivity contribution is 0.102. The van der Waals surface area contributed by atoms with Crippen molar-refractivity contribution in [1.82, 2.24) is 4.98 Å². The van der Waals surface area contributed by atoms with E-state index in [1.807, 2.05) is 19.1 Å². The van der Waals surface area contributed by atoms with Gasteiger partial charge in [0.25, 0.3) is 5.91 Å². The largest absolute Gasteiger partial charge is 0.495 e. The maximum absolute atomic E-state index is 13.4. The highest BCUT2D eigenvalue weighted by Gasteiger charge is 2.14. The third-order valence-corrected chi connectivity index (χ3v) is 3.49. The number of aromatic nitrogens is 1. The van der Waals surface area contributed by atoms with Gasteiger partial charge in [-0.3, -0.25) is 4.79 Å². The van der Waals surface area contributed by atoms with Crippen molar-refractivity contribution in [1.29, 1.82) is 0 Å². The number of anilines is 1. The normalized spacial score (nSPS) is 10.7. The average Bonchev–Trinajstić information content (AvgIpc) is 2.90. The Balaban J connectivity index is 1.97. The predicted molar refractivity (Wildman–Crippen MR) is 83.9 cm³/mol. The zero-order chi connectivity index (χ0) is 15.7. The third-order valence-electron chi connectivity index (χ3n) is 3.49. The Kier molecular flexibility index (Phi) is 3.55. The number of carbonyl (C=O) groups excluding carboxylic acids is 1. The van der Waals surface area contributed by atoms with Crippen LogP contribution in [0.1, 0.15) is 15.9 Å². The van der Waals surface area contributed by atoms with Crippen LogP contribution in [0.4, 0.5) is 10.1 Å². The van der Waals surface area contributed by atoms with Crippen LogP contribution in [-0.4, -0.2) is 18.0 Å². The van der Waals surface area contributed by atoms with Gasteiger partial charge in [-0.1, -0.05) is 6.07 Å². The molecule has 0 saturated carbocycles. The number of halogens is 1. The third kappa shape index (κ3) is 2.53. The second-order valence-corrected chi connectivity index (χ2v) is 5.05. The zero-order valence-corrected chi connectivity index (χ0v) is 12.2. The molecule has 3 rings (SSSR count). The number of H-pyrrole nitrogens is 1. The number of aromatic amines is 1.